The summed E-state index contributed by atoms with van der Waals surface area (Å²) in [5, 5.41) is 8.31. The van der Waals surface area contributed by atoms with Crippen LogP contribution in [0.3, 0.4) is 0 Å². The molecule has 0 bridgehead atoms. The van der Waals surface area contributed by atoms with Crippen molar-refractivity contribution < 1.29 is 18.4 Å². The summed E-state index contributed by atoms with van der Waals surface area (Å²) >= 11 is 1.20. The Kier molecular flexibility index (Phi) is 5.25. The molecular weight excluding hydrogens is 376 g/mol. The van der Waals surface area contributed by atoms with Crippen LogP contribution in [0.1, 0.15) is 16.1 Å². The number of Topliss-reactive ketones (excluding diaryl/α,β-unsaturated/α-hetero) is 1. The molecule has 6 nitrogen and oxygen atoms in total. The number of rotatable bonds is 7. The molecule has 0 spiro atoms. The fourth-order valence-electron chi connectivity index (χ4n) is 2.53. The molecule has 0 saturated heterocycles. The number of furan rings is 1. The monoisotopic (exact) mass is 392 g/mol. The Labute approximate surface area is 165 Å². The van der Waals surface area contributed by atoms with Gasteiger partial charge in [0.25, 0.3) is 11.1 Å². The number of carbonyl (C=O) groups excluding carboxylic acids is 1. The molecule has 4 aromatic rings. The Bertz CT molecular complexity index is 1070. The molecule has 0 unspecified atom stereocenters. The number of nitrogens with zero attached hydrogens (tertiary/aromatic N) is 2. The highest BCUT2D eigenvalue weighted by molar-refractivity contribution is 7.99. The first kappa shape index (κ1) is 18.1. The number of benzene rings is 2. The lowest BCUT2D eigenvalue weighted by atomic mass is 10.1. The van der Waals surface area contributed by atoms with Gasteiger partial charge < -0.3 is 13.6 Å². The van der Waals surface area contributed by atoms with Crippen molar-refractivity contribution in [1.82, 2.24) is 10.2 Å². The normalized spacial score (nSPS) is 10.8. The number of hydrogen-bond donors (Lipinski definition) is 0. The van der Waals surface area contributed by atoms with Gasteiger partial charge in [0.15, 0.2) is 5.78 Å². The van der Waals surface area contributed by atoms with Crippen LogP contribution in [0.4, 0.5) is 0 Å². The zero-order valence-corrected chi connectivity index (χ0v) is 15.8. The van der Waals surface area contributed by atoms with Gasteiger partial charge >= 0.3 is 0 Å². The first-order valence-electron chi connectivity index (χ1n) is 8.56. The van der Waals surface area contributed by atoms with Gasteiger partial charge in [-0.05, 0) is 49.4 Å². The number of ether oxygens (including phenoxy) is 1. The van der Waals surface area contributed by atoms with E-state index in [1.54, 1.807) is 36.6 Å². The molecule has 0 radical (unpaired) electrons. The zero-order chi connectivity index (χ0) is 19.3. The van der Waals surface area contributed by atoms with Gasteiger partial charge in [0, 0.05) is 5.56 Å². The van der Waals surface area contributed by atoms with Crippen molar-refractivity contribution in [3.8, 4) is 23.0 Å². The first-order chi connectivity index (χ1) is 13.7. The zero-order valence-electron chi connectivity index (χ0n) is 15.0. The maximum Gasteiger partial charge on any atom is 0.277 e. The van der Waals surface area contributed by atoms with E-state index in [9.17, 15) is 4.79 Å². The van der Waals surface area contributed by atoms with Gasteiger partial charge in [0.1, 0.15) is 17.3 Å². The second kappa shape index (κ2) is 8.14. The minimum atomic E-state index is -0.0319. The molecule has 0 amide bonds. The molecule has 0 aliphatic carbocycles. The molecule has 4 rings (SSSR count). The molecule has 7 heteroatoms. The predicted molar refractivity (Wildman–Crippen MR) is 105 cm³/mol. The third kappa shape index (κ3) is 4.15. The summed E-state index contributed by atoms with van der Waals surface area (Å²) in [7, 11) is 0. The first-order valence-corrected chi connectivity index (χ1v) is 9.54. The minimum Gasteiger partial charge on any atom is -0.469 e. The van der Waals surface area contributed by atoms with E-state index in [-0.39, 0.29) is 11.5 Å². The van der Waals surface area contributed by atoms with E-state index in [0.717, 1.165) is 11.3 Å². The highest BCUT2D eigenvalue weighted by Gasteiger charge is 2.15. The molecule has 0 N–H and O–H groups in total. The highest BCUT2D eigenvalue weighted by atomic mass is 32.2. The van der Waals surface area contributed by atoms with Crippen molar-refractivity contribution in [3.63, 3.8) is 0 Å². The van der Waals surface area contributed by atoms with Crippen molar-refractivity contribution in [1.29, 1.82) is 0 Å². The molecule has 0 aliphatic rings. The van der Waals surface area contributed by atoms with Gasteiger partial charge in [-0.1, -0.05) is 30.0 Å². The summed E-state index contributed by atoms with van der Waals surface area (Å²) in [6, 6.07) is 18.3. The smallest absolute Gasteiger partial charge is 0.277 e. The van der Waals surface area contributed by atoms with Crippen molar-refractivity contribution in [2.75, 3.05) is 5.75 Å². The molecule has 0 aliphatic heterocycles. The number of para-hydroxylation sites is 1. The SMILES string of the molecule is Cc1occc1-c1nnc(SCC(=O)c2ccc(Oc3ccccc3)cc2)o1. The van der Waals surface area contributed by atoms with Crippen LogP contribution in [-0.2, 0) is 0 Å². The number of hydrogen-bond acceptors (Lipinski definition) is 7. The largest absolute Gasteiger partial charge is 0.469 e. The van der Waals surface area contributed by atoms with Crippen molar-refractivity contribution in [3.05, 3.63) is 78.3 Å². The highest BCUT2D eigenvalue weighted by Crippen LogP contribution is 2.27. The van der Waals surface area contributed by atoms with E-state index in [0.29, 0.717) is 28.2 Å². The van der Waals surface area contributed by atoms with E-state index >= 15 is 0 Å². The quantitative estimate of drug-likeness (QED) is 0.307. The van der Waals surface area contributed by atoms with Crippen LogP contribution in [0.5, 0.6) is 11.5 Å². The maximum absolute atomic E-state index is 12.4. The topological polar surface area (TPSA) is 78.4 Å². The third-order valence-corrected chi connectivity index (χ3v) is 4.80. The second-order valence-electron chi connectivity index (χ2n) is 5.91. The lowest BCUT2D eigenvalue weighted by Crippen LogP contribution is -2.02. The third-order valence-electron chi connectivity index (χ3n) is 3.98. The van der Waals surface area contributed by atoms with Crippen LogP contribution in [0.15, 0.2) is 81.0 Å². The number of thioether (sulfide) groups is 1. The van der Waals surface area contributed by atoms with Crippen LogP contribution < -0.4 is 4.74 Å². The summed E-state index contributed by atoms with van der Waals surface area (Å²) in [5.41, 5.74) is 1.35. The molecular formula is C21H16N2O4S. The van der Waals surface area contributed by atoms with Crippen LogP contribution in [0.2, 0.25) is 0 Å². The standard InChI is InChI=1S/C21H16N2O4S/c1-14-18(11-12-25-14)20-22-23-21(27-20)28-13-19(24)15-7-9-17(10-8-15)26-16-5-3-2-4-6-16/h2-12H,13H2,1H3. The Morgan fingerprint density at radius 3 is 2.46 bits per heavy atom. The van der Waals surface area contributed by atoms with Gasteiger partial charge in [0.2, 0.25) is 0 Å². The fraction of sp³-hybridized carbons (Fsp3) is 0.0952. The van der Waals surface area contributed by atoms with Gasteiger partial charge in [-0.25, -0.2) is 0 Å². The summed E-state index contributed by atoms with van der Waals surface area (Å²) in [6.07, 6.45) is 1.57. The molecule has 28 heavy (non-hydrogen) atoms. The molecule has 140 valence electrons. The Morgan fingerprint density at radius 2 is 1.75 bits per heavy atom. The van der Waals surface area contributed by atoms with Crippen LogP contribution in [0, 0.1) is 6.92 Å². The van der Waals surface area contributed by atoms with E-state index in [4.69, 9.17) is 13.6 Å². The fourth-order valence-corrected chi connectivity index (χ4v) is 3.19. The lowest BCUT2D eigenvalue weighted by molar-refractivity contribution is 0.102. The lowest BCUT2D eigenvalue weighted by Gasteiger charge is -2.06. The number of aryl methyl sites for hydroxylation is 1. The van der Waals surface area contributed by atoms with Crippen molar-refractivity contribution in [2.24, 2.45) is 0 Å². The van der Waals surface area contributed by atoms with E-state index in [2.05, 4.69) is 10.2 Å². The van der Waals surface area contributed by atoms with Crippen molar-refractivity contribution in [2.45, 2.75) is 12.1 Å². The Balaban J connectivity index is 1.35. The summed E-state index contributed by atoms with van der Waals surface area (Å²) in [6.45, 7) is 1.82. The minimum absolute atomic E-state index is 0.0319. The molecule has 2 heterocycles. The number of ketones is 1. The van der Waals surface area contributed by atoms with Crippen LogP contribution >= 0.6 is 11.8 Å². The average molecular weight is 392 g/mol. The molecule has 2 aromatic carbocycles. The molecule has 0 atom stereocenters. The summed E-state index contributed by atoms with van der Waals surface area (Å²) in [5.74, 6) is 2.67. The number of carbonyl (C=O) groups is 1. The summed E-state index contributed by atoms with van der Waals surface area (Å²) in [4.78, 5) is 12.4. The molecule has 0 saturated carbocycles. The van der Waals surface area contributed by atoms with Crippen molar-refractivity contribution >= 4 is 17.5 Å². The van der Waals surface area contributed by atoms with Gasteiger partial charge in [-0.15, -0.1) is 10.2 Å². The van der Waals surface area contributed by atoms with Gasteiger partial charge in [0.05, 0.1) is 17.6 Å². The van der Waals surface area contributed by atoms with Gasteiger partial charge in [-0.2, -0.15) is 0 Å². The van der Waals surface area contributed by atoms with E-state index in [1.807, 2.05) is 37.3 Å². The molecule has 0 fully saturated rings. The Hall–Kier alpha value is -3.32. The maximum atomic E-state index is 12.4. The Morgan fingerprint density at radius 1 is 1.00 bits per heavy atom. The summed E-state index contributed by atoms with van der Waals surface area (Å²) < 4.78 is 16.6. The van der Waals surface area contributed by atoms with Crippen LogP contribution in [-0.4, -0.2) is 21.7 Å². The molecule has 2 aromatic heterocycles. The van der Waals surface area contributed by atoms with Crippen LogP contribution in [0.25, 0.3) is 11.5 Å². The van der Waals surface area contributed by atoms with E-state index < -0.39 is 0 Å². The van der Waals surface area contributed by atoms with Gasteiger partial charge in [-0.3, -0.25) is 4.79 Å². The number of aromatic nitrogens is 2. The second-order valence-corrected chi connectivity index (χ2v) is 6.84. The predicted octanol–water partition coefficient (Wildman–Crippen LogP) is 5.41. The van der Waals surface area contributed by atoms with E-state index in [1.165, 1.54) is 11.8 Å². The average Bonchev–Trinajstić information content (AvgIpc) is 3.36.